The molecule has 1 unspecified atom stereocenters. The predicted molar refractivity (Wildman–Crippen MR) is 99.8 cm³/mol. The van der Waals surface area contributed by atoms with Crippen molar-refractivity contribution >= 4 is 40.7 Å². The minimum absolute atomic E-state index is 0.309. The number of hydrogen-bond acceptors (Lipinski definition) is 3. The van der Waals surface area contributed by atoms with Crippen LogP contribution in [0.4, 0.5) is 5.69 Å². The summed E-state index contributed by atoms with van der Waals surface area (Å²) >= 11 is 6.74. The van der Waals surface area contributed by atoms with Gasteiger partial charge in [-0.05, 0) is 29.9 Å². The van der Waals surface area contributed by atoms with Crippen molar-refractivity contribution in [1.82, 2.24) is 5.32 Å². The Morgan fingerprint density at radius 1 is 1.09 bits per heavy atom. The quantitative estimate of drug-likeness (QED) is 0.668. The lowest BCUT2D eigenvalue weighted by Crippen LogP contribution is -2.44. The van der Waals surface area contributed by atoms with E-state index in [9.17, 15) is 9.90 Å². The van der Waals surface area contributed by atoms with Crippen LogP contribution in [0, 0.1) is 0 Å². The highest BCUT2D eigenvalue weighted by atomic mass is 32.2. The Kier molecular flexibility index (Phi) is 6.90. The van der Waals surface area contributed by atoms with Gasteiger partial charge in [-0.25, -0.2) is 4.79 Å². The van der Waals surface area contributed by atoms with Crippen molar-refractivity contribution in [2.75, 3.05) is 11.1 Å². The van der Waals surface area contributed by atoms with Gasteiger partial charge in [0.2, 0.25) is 0 Å². The van der Waals surface area contributed by atoms with Gasteiger partial charge < -0.3 is 15.7 Å². The number of carboxylic acid groups (broad SMARTS) is 1. The van der Waals surface area contributed by atoms with Crippen LogP contribution in [-0.4, -0.2) is 28.0 Å². The van der Waals surface area contributed by atoms with E-state index in [0.717, 1.165) is 11.4 Å². The number of benzene rings is 2. The van der Waals surface area contributed by atoms with E-state index in [0.29, 0.717) is 10.9 Å². The molecule has 0 bridgehead atoms. The summed E-state index contributed by atoms with van der Waals surface area (Å²) in [6, 6.07) is 18.6. The first-order valence-corrected chi connectivity index (χ1v) is 8.68. The first kappa shape index (κ1) is 17.3. The standard InChI is InChI=1S/C17H18N2O2S2/c20-16(21)15(12-23-11-13-7-3-1-4-8-13)19-17(22)18-14-9-5-2-6-10-14/h1-10,15H,11-12H2,(H,20,21)(H2,18,19,22). The molecule has 0 fully saturated rings. The van der Waals surface area contributed by atoms with Gasteiger partial charge >= 0.3 is 5.97 Å². The number of carbonyl (C=O) groups is 1. The Bertz CT molecular complexity index is 636. The molecule has 0 spiro atoms. The minimum atomic E-state index is -0.914. The van der Waals surface area contributed by atoms with E-state index >= 15 is 0 Å². The zero-order chi connectivity index (χ0) is 16.5. The van der Waals surface area contributed by atoms with Crippen molar-refractivity contribution in [2.45, 2.75) is 11.8 Å². The monoisotopic (exact) mass is 346 g/mol. The Morgan fingerprint density at radius 2 is 1.70 bits per heavy atom. The molecule has 120 valence electrons. The van der Waals surface area contributed by atoms with Gasteiger partial charge in [0.05, 0.1) is 0 Å². The van der Waals surface area contributed by atoms with E-state index in [2.05, 4.69) is 10.6 Å². The number of hydrogen-bond donors (Lipinski definition) is 3. The summed E-state index contributed by atoms with van der Waals surface area (Å²) < 4.78 is 0. The van der Waals surface area contributed by atoms with Crippen molar-refractivity contribution in [1.29, 1.82) is 0 Å². The van der Waals surface area contributed by atoms with Gasteiger partial charge in [0.25, 0.3) is 0 Å². The number of rotatable bonds is 7. The summed E-state index contributed by atoms with van der Waals surface area (Å²) in [6.45, 7) is 0. The fourth-order valence-corrected chi connectivity index (χ4v) is 3.16. The molecule has 0 amide bonds. The molecule has 1 atom stereocenters. The molecule has 0 aromatic heterocycles. The van der Waals surface area contributed by atoms with Crippen LogP contribution in [0.15, 0.2) is 60.7 Å². The molecule has 2 aromatic carbocycles. The van der Waals surface area contributed by atoms with Gasteiger partial charge in [-0.3, -0.25) is 0 Å². The molecule has 6 heteroatoms. The third-order valence-corrected chi connectivity index (χ3v) is 4.36. The van der Waals surface area contributed by atoms with E-state index in [-0.39, 0.29) is 0 Å². The molecule has 0 aliphatic rings. The smallest absolute Gasteiger partial charge is 0.327 e. The van der Waals surface area contributed by atoms with Crippen molar-refractivity contribution in [2.24, 2.45) is 0 Å². The van der Waals surface area contributed by atoms with Gasteiger partial charge in [-0.1, -0.05) is 48.5 Å². The summed E-state index contributed by atoms with van der Waals surface area (Å²) in [6.07, 6.45) is 0. The van der Waals surface area contributed by atoms with E-state index in [1.165, 1.54) is 5.56 Å². The van der Waals surface area contributed by atoms with Crippen molar-refractivity contribution in [3.63, 3.8) is 0 Å². The molecule has 4 nitrogen and oxygen atoms in total. The zero-order valence-electron chi connectivity index (χ0n) is 12.4. The predicted octanol–water partition coefficient (Wildman–Crippen LogP) is 3.36. The first-order chi connectivity index (χ1) is 11.1. The van der Waals surface area contributed by atoms with Crippen LogP contribution in [0.2, 0.25) is 0 Å². The normalized spacial score (nSPS) is 11.5. The van der Waals surface area contributed by atoms with E-state index in [4.69, 9.17) is 12.2 Å². The number of carboxylic acids is 1. The number of thioether (sulfide) groups is 1. The molecule has 2 aromatic rings. The number of thiocarbonyl (C=S) groups is 1. The van der Waals surface area contributed by atoms with Crippen molar-refractivity contribution < 1.29 is 9.90 Å². The highest BCUT2D eigenvalue weighted by Gasteiger charge is 2.18. The van der Waals surface area contributed by atoms with Gasteiger partial charge in [-0.15, -0.1) is 0 Å². The second-order valence-electron chi connectivity index (χ2n) is 4.86. The molecule has 0 heterocycles. The summed E-state index contributed by atoms with van der Waals surface area (Å²) in [5.41, 5.74) is 2.00. The highest BCUT2D eigenvalue weighted by Crippen LogP contribution is 2.13. The summed E-state index contributed by atoms with van der Waals surface area (Å²) in [7, 11) is 0. The molecular weight excluding hydrogens is 328 g/mol. The van der Waals surface area contributed by atoms with Gasteiger partial charge in [0.15, 0.2) is 5.11 Å². The average Bonchev–Trinajstić information content (AvgIpc) is 2.55. The van der Waals surface area contributed by atoms with Gasteiger partial charge in [0, 0.05) is 17.2 Å². The third kappa shape index (κ3) is 6.30. The molecule has 0 aliphatic carbocycles. The lowest BCUT2D eigenvalue weighted by Gasteiger charge is -2.17. The van der Waals surface area contributed by atoms with Gasteiger partial charge in [-0.2, -0.15) is 11.8 Å². The maximum atomic E-state index is 11.4. The van der Waals surface area contributed by atoms with E-state index < -0.39 is 12.0 Å². The van der Waals surface area contributed by atoms with E-state index in [1.807, 2.05) is 60.7 Å². The van der Waals surface area contributed by atoms with Gasteiger partial charge in [0.1, 0.15) is 6.04 Å². The Morgan fingerprint density at radius 3 is 2.30 bits per heavy atom. The summed E-state index contributed by atoms with van der Waals surface area (Å²) in [5, 5.41) is 15.5. The molecule has 0 saturated heterocycles. The van der Waals surface area contributed by atoms with Crippen LogP contribution in [0.25, 0.3) is 0 Å². The lowest BCUT2D eigenvalue weighted by atomic mass is 10.2. The summed E-state index contributed by atoms with van der Waals surface area (Å²) in [4.78, 5) is 11.4. The molecule has 0 aliphatic heterocycles. The molecule has 2 rings (SSSR count). The Balaban J connectivity index is 1.81. The second-order valence-corrected chi connectivity index (χ2v) is 6.29. The van der Waals surface area contributed by atoms with Crippen LogP contribution in [0.5, 0.6) is 0 Å². The minimum Gasteiger partial charge on any atom is -0.480 e. The third-order valence-electron chi connectivity index (χ3n) is 3.03. The molecular formula is C17H18N2O2S2. The largest absolute Gasteiger partial charge is 0.480 e. The SMILES string of the molecule is O=C(O)C(CSCc1ccccc1)NC(=S)Nc1ccccc1. The van der Waals surface area contributed by atoms with Crippen molar-refractivity contribution in [3.05, 3.63) is 66.2 Å². The fraction of sp³-hybridized carbons (Fsp3) is 0.176. The average molecular weight is 346 g/mol. The zero-order valence-corrected chi connectivity index (χ0v) is 14.1. The second kappa shape index (κ2) is 9.17. The number of para-hydroxylation sites is 1. The first-order valence-electron chi connectivity index (χ1n) is 7.12. The van der Waals surface area contributed by atoms with Crippen LogP contribution in [-0.2, 0) is 10.5 Å². The number of nitrogens with one attached hydrogen (secondary N) is 2. The highest BCUT2D eigenvalue weighted by molar-refractivity contribution is 7.98. The number of anilines is 1. The van der Waals surface area contributed by atoms with Crippen LogP contribution < -0.4 is 10.6 Å². The Labute approximate surface area is 145 Å². The molecule has 3 N–H and O–H groups in total. The maximum absolute atomic E-state index is 11.4. The molecule has 0 saturated carbocycles. The molecule has 23 heavy (non-hydrogen) atoms. The fourth-order valence-electron chi connectivity index (χ4n) is 1.89. The van der Waals surface area contributed by atoms with Crippen molar-refractivity contribution in [3.8, 4) is 0 Å². The topological polar surface area (TPSA) is 61.4 Å². The van der Waals surface area contributed by atoms with Crippen LogP contribution in [0.1, 0.15) is 5.56 Å². The maximum Gasteiger partial charge on any atom is 0.327 e. The lowest BCUT2D eigenvalue weighted by molar-refractivity contribution is -0.138. The van der Waals surface area contributed by atoms with Crippen LogP contribution in [0.3, 0.4) is 0 Å². The van der Waals surface area contributed by atoms with E-state index in [1.54, 1.807) is 11.8 Å². The number of aliphatic carboxylic acids is 1. The summed E-state index contributed by atoms with van der Waals surface area (Å²) in [5.74, 6) is 0.286. The Hall–Kier alpha value is -2.05. The molecule has 0 radical (unpaired) electrons. The van der Waals surface area contributed by atoms with Crippen LogP contribution >= 0.6 is 24.0 Å².